The van der Waals surface area contributed by atoms with Crippen molar-refractivity contribution in [2.75, 3.05) is 49.5 Å². The predicted molar refractivity (Wildman–Crippen MR) is 152 cm³/mol. The van der Waals surface area contributed by atoms with Crippen LogP contribution in [0.15, 0.2) is 71.7 Å². The topological polar surface area (TPSA) is 110 Å². The number of aromatic nitrogens is 5. The molecule has 206 valence electrons. The maximum atomic E-state index is 13.6. The minimum Gasteiger partial charge on any atom is -0.376 e. The third-order valence-corrected chi connectivity index (χ3v) is 7.37. The number of hydrogen-bond donors (Lipinski definition) is 1. The molecule has 2 saturated heterocycles. The van der Waals surface area contributed by atoms with Crippen LogP contribution in [0.5, 0.6) is 0 Å². The average molecular weight is 541 g/mol. The molecule has 0 saturated carbocycles. The maximum absolute atomic E-state index is 13.6. The minimum absolute atomic E-state index is 0.0765. The summed E-state index contributed by atoms with van der Waals surface area (Å²) in [5.74, 6) is -0.145. The van der Waals surface area contributed by atoms with E-state index in [-0.39, 0.29) is 17.6 Å². The summed E-state index contributed by atoms with van der Waals surface area (Å²) in [7, 11) is 0. The molecule has 1 amide bonds. The molecular formula is C29H32N8O3. The van der Waals surface area contributed by atoms with Crippen LogP contribution in [0.25, 0.3) is 11.4 Å². The Morgan fingerprint density at radius 2 is 1.68 bits per heavy atom. The van der Waals surface area contributed by atoms with Crippen molar-refractivity contribution in [3.05, 3.63) is 88.6 Å². The van der Waals surface area contributed by atoms with Crippen LogP contribution in [-0.4, -0.2) is 81.0 Å². The maximum Gasteiger partial charge on any atom is 0.296 e. The Morgan fingerprint density at radius 1 is 0.975 bits per heavy atom. The zero-order valence-corrected chi connectivity index (χ0v) is 22.4. The summed E-state index contributed by atoms with van der Waals surface area (Å²) in [5, 5.41) is 16.8. The number of para-hydroxylation sites is 2. The van der Waals surface area contributed by atoms with Crippen LogP contribution in [-0.2, 0) is 4.74 Å². The van der Waals surface area contributed by atoms with Crippen molar-refractivity contribution in [2.45, 2.75) is 25.9 Å². The number of aryl methyl sites for hydroxylation is 1. The largest absolute Gasteiger partial charge is 0.376 e. The Bertz CT molecular complexity index is 1520. The highest BCUT2D eigenvalue weighted by Gasteiger charge is 2.28. The first-order chi connectivity index (χ1) is 19.6. The Labute approximate surface area is 232 Å². The molecule has 1 unspecified atom stereocenters. The quantitative estimate of drug-likeness (QED) is 0.381. The molecule has 0 bridgehead atoms. The first-order valence-electron chi connectivity index (χ1n) is 13.7. The Balaban J connectivity index is 1.20. The number of carbonyl (C=O) groups is 1. The van der Waals surface area contributed by atoms with Gasteiger partial charge in [0.1, 0.15) is 5.69 Å². The van der Waals surface area contributed by atoms with Crippen molar-refractivity contribution >= 4 is 17.3 Å². The normalized spacial score (nSPS) is 17.3. The van der Waals surface area contributed by atoms with Crippen molar-refractivity contribution < 1.29 is 9.53 Å². The van der Waals surface area contributed by atoms with Gasteiger partial charge in [0.2, 0.25) is 0 Å². The zero-order valence-electron chi connectivity index (χ0n) is 22.4. The van der Waals surface area contributed by atoms with E-state index in [1.807, 2.05) is 60.7 Å². The summed E-state index contributed by atoms with van der Waals surface area (Å²) in [4.78, 5) is 32.4. The second-order valence-corrected chi connectivity index (χ2v) is 10.0. The fourth-order valence-electron chi connectivity index (χ4n) is 5.18. The predicted octanol–water partition coefficient (Wildman–Crippen LogP) is 2.67. The summed E-state index contributed by atoms with van der Waals surface area (Å²) in [5.41, 5.74) is 3.45. The second kappa shape index (κ2) is 11.3. The molecule has 2 aliphatic rings. The number of rotatable bonds is 7. The van der Waals surface area contributed by atoms with E-state index in [0.717, 1.165) is 30.8 Å². The number of ether oxygens (including phenoxy) is 1. The van der Waals surface area contributed by atoms with Crippen LogP contribution >= 0.6 is 0 Å². The summed E-state index contributed by atoms with van der Waals surface area (Å²) < 4.78 is 7.20. The van der Waals surface area contributed by atoms with Gasteiger partial charge in [-0.2, -0.15) is 19.7 Å². The lowest BCUT2D eigenvalue weighted by Gasteiger charge is -2.36. The number of anilines is 2. The van der Waals surface area contributed by atoms with E-state index in [9.17, 15) is 9.59 Å². The summed E-state index contributed by atoms with van der Waals surface area (Å²) >= 11 is 0. The standard InChI is InChI=1S/C29H32N8O3/c1-21-26(33-37(32-21)23-11-6-3-7-12-23)28(38)35-16-14-34(15-17-35)25-20-31-36(22-9-4-2-5-10-22)29(39)27(25)30-19-24-13-8-18-40-24/h2-7,9-12,20,24,30H,8,13-19H2,1H3. The molecule has 0 spiro atoms. The Hall–Kier alpha value is -4.51. The smallest absolute Gasteiger partial charge is 0.296 e. The van der Waals surface area contributed by atoms with Crippen LogP contribution in [0.3, 0.4) is 0 Å². The number of benzene rings is 2. The second-order valence-electron chi connectivity index (χ2n) is 10.0. The van der Waals surface area contributed by atoms with E-state index in [2.05, 4.69) is 25.5 Å². The van der Waals surface area contributed by atoms with E-state index in [1.54, 1.807) is 18.0 Å². The SMILES string of the molecule is Cc1nn(-c2ccccc2)nc1C(=O)N1CCN(c2cnn(-c3ccccc3)c(=O)c2NCC2CCCO2)CC1. The van der Waals surface area contributed by atoms with Gasteiger partial charge in [-0.05, 0) is 44.0 Å². The zero-order chi connectivity index (χ0) is 27.5. The summed E-state index contributed by atoms with van der Waals surface area (Å²) in [6.07, 6.45) is 3.81. The lowest BCUT2D eigenvalue weighted by atomic mass is 10.2. The van der Waals surface area contributed by atoms with Gasteiger partial charge < -0.3 is 19.9 Å². The molecule has 1 atom stereocenters. The van der Waals surface area contributed by atoms with E-state index in [0.29, 0.717) is 55.5 Å². The lowest BCUT2D eigenvalue weighted by molar-refractivity contribution is 0.0739. The molecule has 0 aliphatic carbocycles. The molecule has 2 aromatic carbocycles. The van der Waals surface area contributed by atoms with Gasteiger partial charge in [-0.3, -0.25) is 9.59 Å². The molecule has 6 rings (SSSR count). The molecule has 2 aliphatic heterocycles. The number of carbonyl (C=O) groups excluding carboxylic acids is 1. The fraction of sp³-hybridized carbons (Fsp3) is 0.345. The minimum atomic E-state index is -0.214. The highest BCUT2D eigenvalue weighted by Crippen LogP contribution is 2.25. The number of hydrogen-bond acceptors (Lipinski definition) is 8. The van der Waals surface area contributed by atoms with Gasteiger partial charge in [0.15, 0.2) is 5.69 Å². The lowest BCUT2D eigenvalue weighted by Crippen LogP contribution is -2.49. The van der Waals surface area contributed by atoms with E-state index in [1.165, 1.54) is 9.48 Å². The molecule has 0 radical (unpaired) electrons. The van der Waals surface area contributed by atoms with E-state index >= 15 is 0 Å². The molecule has 1 N–H and O–H groups in total. The third-order valence-electron chi connectivity index (χ3n) is 7.37. The first kappa shape index (κ1) is 25.8. The molecule has 2 fully saturated rings. The molecule has 2 aromatic heterocycles. The number of nitrogens with one attached hydrogen (secondary N) is 1. The average Bonchev–Trinajstić information content (AvgIpc) is 3.67. The summed E-state index contributed by atoms with van der Waals surface area (Å²) in [6, 6.07) is 18.9. The van der Waals surface area contributed by atoms with Crippen LogP contribution in [0.1, 0.15) is 29.0 Å². The van der Waals surface area contributed by atoms with Crippen LogP contribution < -0.4 is 15.8 Å². The third kappa shape index (κ3) is 5.20. The number of amides is 1. The Morgan fingerprint density at radius 3 is 2.35 bits per heavy atom. The van der Waals surface area contributed by atoms with Crippen LogP contribution in [0.2, 0.25) is 0 Å². The molecule has 4 aromatic rings. The molecule has 4 heterocycles. The van der Waals surface area contributed by atoms with Gasteiger partial charge in [-0.1, -0.05) is 36.4 Å². The molecule has 40 heavy (non-hydrogen) atoms. The van der Waals surface area contributed by atoms with Crippen molar-refractivity contribution in [1.29, 1.82) is 0 Å². The van der Waals surface area contributed by atoms with Gasteiger partial charge >= 0.3 is 0 Å². The number of nitrogens with zero attached hydrogens (tertiary/aromatic N) is 7. The van der Waals surface area contributed by atoms with Crippen LogP contribution in [0.4, 0.5) is 11.4 Å². The van der Waals surface area contributed by atoms with Gasteiger partial charge in [0.25, 0.3) is 11.5 Å². The fourth-order valence-corrected chi connectivity index (χ4v) is 5.18. The number of piperazine rings is 1. The highest BCUT2D eigenvalue weighted by molar-refractivity contribution is 5.93. The van der Waals surface area contributed by atoms with Gasteiger partial charge in [-0.15, -0.1) is 5.10 Å². The molecular weight excluding hydrogens is 508 g/mol. The van der Waals surface area contributed by atoms with Crippen LogP contribution in [0, 0.1) is 6.92 Å². The monoisotopic (exact) mass is 540 g/mol. The summed E-state index contributed by atoms with van der Waals surface area (Å²) in [6.45, 7) is 5.20. The van der Waals surface area contributed by atoms with Crippen molar-refractivity contribution in [3.8, 4) is 11.4 Å². The highest BCUT2D eigenvalue weighted by atomic mass is 16.5. The van der Waals surface area contributed by atoms with Crippen molar-refractivity contribution in [1.82, 2.24) is 29.7 Å². The van der Waals surface area contributed by atoms with Gasteiger partial charge in [-0.25, -0.2) is 0 Å². The van der Waals surface area contributed by atoms with Gasteiger partial charge in [0, 0.05) is 39.3 Å². The van der Waals surface area contributed by atoms with Gasteiger partial charge in [0.05, 0.1) is 35.1 Å². The molecule has 11 nitrogen and oxygen atoms in total. The van der Waals surface area contributed by atoms with Crippen molar-refractivity contribution in [2.24, 2.45) is 0 Å². The van der Waals surface area contributed by atoms with Crippen molar-refractivity contribution in [3.63, 3.8) is 0 Å². The van der Waals surface area contributed by atoms with E-state index in [4.69, 9.17) is 4.74 Å². The first-order valence-corrected chi connectivity index (χ1v) is 13.7. The van der Waals surface area contributed by atoms with E-state index < -0.39 is 0 Å². The molecule has 11 heteroatoms. The Kier molecular flexibility index (Phi) is 7.28.